The Morgan fingerprint density at radius 3 is 1.16 bits per heavy atom. The van der Waals surface area contributed by atoms with Gasteiger partial charge < -0.3 is 18.3 Å². The highest BCUT2D eigenvalue weighted by atomic mass is 15.1. The molecule has 13 aromatic rings. The fourth-order valence-electron chi connectivity index (χ4n) is 10.0. The molecule has 4 aromatic heterocycles. The third kappa shape index (κ3) is 4.18. The van der Waals surface area contributed by atoms with E-state index in [4.69, 9.17) is 0 Å². The monoisotopic (exact) mass is 738 g/mol. The highest BCUT2D eigenvalue weighted by molar-refractivity contribution is 6.18. The molecule has 0 atom stereocenters. The second-order valence-electron chi connectivity index (χ2n) is 15.3. The van der Waals surface area contributed by atoms with Gasteiger partial charge in [-0.1, -0.05) is 133 Å². The number of benzene rings is 9. The molecule has 0 spiro atoms. The maximum absolute atomic E-state index is 2.53. The third-order valence-corrected chi connectivity index (χ3v) is 12.3. The van der Waals surface area contributed by atoms with Gasteiger partial charge in [0.15, 0.2) is 0 Å². The Balaban J connectivity index is 1.17. The van der Waals surface area contributed by atoms with Crippen molar-refractivity contribution in [1.29, 1.82) is 0 Å². The van der Waals surface area contributed by atoms with Crippen molar-refractivity contribution >= 4 is 87.2 Å². The van der Waals surface area contributed by atoms with Crippen LogP contribution in [0.25, 0.3) is 110 Å². The van der Waals surface area contributed by atoms with Crippen molar-refractivity contribution < 1.29 is 0 Å². The van der Waals surface area contributed by atoms with Crippen molar-refractivity contribution in [3.05, 3.63) is 206 Å². The van der Waals surface area contributed by atoms with E-state index in [0.29, 0.717) is 0 Å². The van der Waals surface area contributed by atoms with E-state index in [1.54, 1.807) is 0 Å². The van der Waals surface area contributed by atoms with Crippen molar-refractivity contribution in [3.8, 4) is 22.7 Å². The Bertz CT molecular complexity index is 3740. The smallest absolute Gasteiger partial charge is 0.0783 e. The zero-order chi connectivity index (χ0) is 37.9. The molecule has 0 aliphatic carbocycles. The molecule has 4 heterocycles. The van der Waals surface area contributed by atoms with E-state index in [1.807, 2.05) is 0 Å². The molecule has 4 nitrogen and oxygen atoms in total. The van der Waals surface area contributed by atoms with E-state index in [-0.39, 0.29) is 0 Å². The van der Waals surface area contributed by atoms with Crippen LogP contribution in [-0.2, 0) is 0 Å². The van der Waals surface area contributed by atoms with Crippen molar-refractivity contribution in [2.75, 3.05) is 0 Å². The van der Waals surface area contributed by atoms with Gasteiger partial charge in [-0.3, -0.25) is 0 Å². The van der Waals surface area contributed by atoms with E-state index in [9.17, 15) is 0 Å². The molecule has 270 valence electrons. The topological polar surface area (TPSA) is 19.7 Å². The van der Waals surface area contributed by atoms with Crippen LogP contribution in [-0.4, -0.2) is 18.3 Å². The average Bonchev–Trinajstić information content (AvgIpc) is 4.02. The number of hydrogen-bond donors (Lipinski definition) is 0. The quantitative estimate of drug-likeness (QED) is 0.171. The zero-order valence-corrected chi connectivity index (χ0v) is 31.4. The molecule has 0 fully saturated rings. The summed E-state index contributed by atoms with van der Waals surface area (Å²) in [5.41, 5.74) is 14.1. The second-order valence-corrected chi connectivity index (χ2v) is 15.3. The van der Waals surface area contributed by atoms with Gasteiger partial charge in [0, 0.05) is 54.5 Å². The summed E-state index contributed by atoms with van der Waals surface area (Å²) in [4.78, 5) is 0. The Kier molecular flexibility index (Phi) is 6.41. The summed E-state index contributed by atoms with van der Waals surface area (Å²) in [6.07, 6.45) is 0. The number of aromatic nitrogens is 4. The largest absolute Gasteiger partial charge is 0.309 e. The number of fused-ring (bicyclic) bond motifs is 12. The van der Waals surface area contributed by atoms with Crippen LogP contribution in [0.3, 0.4) is 0 Å². The SMILES string of the molecule is c1ccc(-n2c3ccccc3c3cc(-n4c5ccccc5c5cccc(-n6c7ccccc7c7cccc(-n8c9ccccc9c9ccccc98)c76)c54)ccc32)cc1. The van der Waals surface area contributed by atoms with Crippen molar-refractivity contribution in [2.24, 2.45) is 0 Å². The molecule has 58 heavy (non-hydrogen) atoms. The van der Waals surface area contributed by atoms with Gasteiger partial charge in [-0.05, 0) is 72.8 Å². The van der Waals surface area contributed by atoms with Crippen LogP contribution in [0.15, 0.2) is 206 Å². The molecule has 0 saturated heterocycles. The molecule has 0 saturated carbocycles. The van der Waals surface area contributed by atoms with Crippen molar-refractivity contribution in [1.82, 2.24) is 18.3 Å². The van der Waals surface area contributed by atoms with E-state index >= 15 is 0 Å². The molecule has 0 aliphatic rings. The van der Waals surface area contributed by atoms with Gasteiger partial charge in [0.2, 0.25) is 0 Å². The third-order valence-electron chi connectivity index (χ3n) is 12.3. The summed E-state index contributed by atoms with van der Waals surface area (Å²) in [5, 5.41) is 9.88. The summed E-state index contributed by atoms with van der Waals surface area (Å²) in [6.45, 7) is 0. The minimum absolute atomic E-state index is 1.13. The summed E-state index contributed by atoms with van der Waals surface area (Å²) >= 11 is 0. The van der Waals surface area contributed by atoms with Crippen LogP contribution < -0.4 is 0 Å². The first-order valence-corrected chi connectivity index (χ1v) is 20.0. The number of rotatable bonds is 4. The summed E-state index contributed by atoms with van der Waals surface area (Å²) < 4.78 is 9.88. The fraction of sp³-hybridized carbons (Fsp3) is 0. The van der Waals surface area contributed by atoms with Gasteiger partial charge in [0.1, 0.15) is 0 Å². The fourth-order valence-corrected chi connectivity index (χ4v) is 10.0. The van der Waals surface area contributed by atoms with Crippen LogP contribution >= 0.6 is 0 Å². The molecule has 0 radical (unpaired) electrons. The maximum atomic E-state index is 2.53. The lowest BCUT2D eigenvalue weighted by molar-refractivity contribution is 1.11. The standard InChI is InChI=1S/C54H34N4/c1-2-16-35(17-3-1)55-45-25-9-8-22-41(45)44-34-36(32-33-50(44)55)56-46-26-10-6-20-39(46)42-23-15-31-52(53(42)56)58-49-29-13-7-21-40(49)43-24-14-30-51(54(43)58)57-47-27-11-4-18-37(47)38-19-5-12-28-48(38)57/h1-34H. The molecule has 13 rings (SSSR count). The van der Waals surface area contributed by atoms with E-state index in [0.717, 1.165) is 22.7 Å². The molecule has 4 heteroatoms. The normalized spacial score (nSPS) is 12.1. The second kappa shape index (κ2) is 11.8. The van der Waals surface area contributed by atoms with Gasteiger partial charge in [0.25, 0.3) is 0 Å². The van der Waals surface area contributed by atoms with Crippen LogP contribution in [0.2, 0.25) is 0 Å². The van der Waals surface area contributed by atoms with Gasteiger partial charge in [-0.25, -0.2) is 0 Å². The number of nitrogens with zero attached hydrogens (tertiary/aromatic N) is 4. The van der Waals surface area contributed by atoms with Crippen LogP contribution in [0.4, 0.5) is 0 Å². The average molecular weight is 739 g/mol. The van der Waals surface area contributed by atoms with Gasteiger partial charge in [-0.15, -0.1) is 0 Å². The molecular formula is C54H34N4. The van der Waals surface area contributed by atoms with E-state index in [1.165, 1.54) is 87.2 Å². The minimum Gasteiger partial charge on any atom is -0.309 e. The number of para-hydroxylation sites is 8. The molecule has 0 aliphatic heterocycles. The predicted octanol–water partition coefficient (Wildman–Crippen LogP) is 14.1. The lowest BCUT2D eigenvalue weighted by Crippen LogP contribution is -2.03. The van der Waals surface area contributed by atoms with Crippen LogP contribution in [0, 0.1) is 0 Å². The Morgan fingerprint density at radius 1 is 0.207 bits per heavy atom. The zero-order valence-electron chi connectivity index (χ0n) is 31.4. The van der Waals surface area contributed by atoms with E-state index < -0.39 is 0 Å². The Morgan fingerprint density at radius 2 is 0.586 bits per heavy atom. The van der Waals surface area contributed by atoms with Crippen LogP contribution in [0.1, 0.15) is 0 Å². The lowest BCUT2D eigenvalue weighted by atomic mass is 10.1. The van der Waals surface area contributed by atoms with Crippen molar-refractivity contribution in [3.63, 3.8) is 0 Å². The first-order valence-electron chi connectivity index (χ1n) is 20.0. The van der Waals surface area contributed by atoms with E-state index in [2.05, 4.69) is 225 Å². The minimum atomic E-state index is 1.13. The summed E-state index contributed by atoms with van der Waals surface area (Å²) in [6, 6.07) is 75.5. The van der Waals surface area contributed by atoms with Crippen LogP contribution in [0.5, 0.6) is 0 Å². The number of hydrogen-bond acceptors (Lipinski definition) is 0. The highest BCUT2D eigenvalue weighted by Crippen LogP contribution is 2.43. The summed E-state index contributed by atoms with van der Waals surface area (Å²) in [7, 11) is 0. The highest BCUT2D eigenvalue weighted by Gasteiger charge is 2.24. The first-order chi connectivity index (χ1) is 28.8. The molecule has 0 bridgehead atoms. The molecule has 0 N–H and O–H groups in total. The maximum Gasteiger partial charge on any atom is 0.0783 e. The predicted molar refractivity (Wildman–Crippen MR) is 244 cm³/mol. The lowest BCUT2D eigenvalue weighted by Gasteiger charge is -2.17. The summed E-state index contributed by atoms with van der Waals surface area (Å²) in [5.74, 6) is 0. The van der Waals surface area contributed by atoms with Gasteiger partial charge >= 0.3 is 0 Å². The Hall–Kier alpha value is -7.82. The first kappa shape index (κ1) is 31.4. The van der Waals surface area contributed by atoms with Gasteiger partial charge in [0.05, 0.1) is 55.5 Å². The molecule has 0 unspecified atom stereocenters. The molecule has 0 amide bonds. The molecule has 9 aromatic carbocycles. The van der Waals surface area contributed by atoms with Crippen molar-refractivity contribution in [2.45, 2.75) is 0 Å². The Labute approximate surface area is 333 Å². The molecular weight excluding hydrogens is 705 g/mol. The van der Waals surface area contributed by atoms with Gasteiger partial charge in [-0.2, -0.15) is 0 Å².